The first-order valence-electron chi connectivity index (χ1n) is 9.30. The van der Waals surface area contributed by atoms with E-state index in [9.17, 15) is 0 Å². The highest BCUT2D eigenvalue weighted by Gasteiger charge is 2.16. The number of furan rings is 1. The van der Waals surface area contributed by atoms with Crippen LogP contribution in [-0.2, 0) is 0 Å². The summed E-state index contributed by atoms with van der Waals surface area (Å²) in [6, 6.07) is 20.9. The molecule has 3 heteroatoms. The van der Waals surface area contributed by atoms with Gasteiger partial charge in [0, 0.05) is 27.4 Å². The van der Waals surface area contributed by atoms with E-state index in [1.165, 1.54) is 5.56 Å². The molecule has 0 aliphatic rings. The summed E-state index contributed by atoms with van der Waals surface area (Å²) in [6.45, 7) is 6.40. The number of para-hydroxylation sites is 1. The minimum absolute atomic E-state index is 0.367. The van der Waals surface area contributed by atoms with Crippen LogP contribution in [0.2, 0.25) is 0 Å². The summed E-state index contributed by atoms with van der Waals surface area (Å²) in [5.74, 6) is 0.367. The Morgan fingerprint density at radius 3 is 2.56 bits per heavy atom. The van der Waals surface area contributed by atoms with Crippen molar-refractivity contribution in [3.8, 4) is 11.3 Å². The van der Waals surface area contributed by atoms with Crippen LogP contribution in [-0.4, -0.2) is 9.97 Å². The molecule has 0 saturated heterocycles. The van der Waals surface area contributed by atoms with Gasteiger partial charge in [-0.05, 0) is 54.8 Å². The number of rotatable bonds is 2. The van der Waals surface area contributed by atoms with Gasteiger partial charge in [-0.2, -0.15) is 0 Å². The standard InChI is InChI=1S/C24H20N2O/c1-14(2)20-11-9-17-18-12-15(3)13-19(23(18)27-24(17)26-20)22-10-8-16-6-4-5-7-21(16)25-22/h4-14H,1-3H3. The number of benzene rings is 2. The van der Waals surface area contributed by atoms with E-state index in [0.717, 1.165) is 44.2 Å². The average Bonchev–Trinajstić information content (AvgIpc) is 3.04. The minimum atomic E-state index is 0.367. The molecule has 0 fully saturated rings. The summed E-state index contributed by atoms with van der Waals surface area (Å²) in [6.07, 6.45) is 0. The zero-order chi connectivity index (χ0) is 18.5. The largest absolute Gasteiger partial charge is 0.437 e. The van der Waals surface area contributed by atoms with Crippen molar-refractivity contribution in [3.63, 3.8) is 0 Å². The maximum Gasteiger partial charge on any atom is 0.227 e. The maximum atomic E-state index is 6.24. The third-order valence-electron chi connectivity index (χ3n) is 5.07. The van der Waals surface area contributed by atoms with Gasteiger partial charge in [-0.15, -0.1) is 0 Å². The molecule has 3 aromatic heterocycles. The highest BCUT2D eigenvalue weighted by Crippen LogP contribution is 2.36. The first-order chi connectivity index (χ1) is 13.1. The van der Waals surface area contributed by atoms with Crippen molar-refractivity contribution < 1.29 is 4.42 Å². The van der Waals surface area contributed by atoms with Crippen molar-refractivity contribution in [2.24, 2.45) is 0 Å². The van der Waals surface area contributed by atoms with Gasteiger partial charge in [0.2, 0.25) is 5.71 Å². The number of hydrogen-bond acceptors (Lipinski definition) is 3. The van der Waals surface area contributed by atoms with Crippen LogP contribution in [0.1, 0.15) is 31.0 Å². The molecule has 2 aromatic carbocycles. The van der Waals surface area contributed by atoms with Crippen LogP contribution >= 0.6 is 0 Å². The van der Waals surface area contributed by atoms with Crippen molar-refractivity contribution in [3.05, 3.63) is 71.9 Å². The van der Waals surface area contributed by atoms with E-state index in [2.05, 4.69) is 63.2 Å². The predicted molar refractivity (Wildman–Crippen MR) is 111 cm³/mol. The molecule has 0 spiro atoms. The molecule has 0 radical (unpaired) electrons. The van der Waals surface area contributed by atoms with Crippen molar-refractivity contribution >= 4 is 33.0 Å². The zero-order valence-electron chi connectivity index (χ0n) is 15.7. The second-order valence-corrected chi connectivity index (χ2v) is 7.42. The molecular formula is C24H20N2O. The molecule has 132 valence electrons. The molecule has 0 amide bonds. The number of pyridine rings is 2. The van der Waals surface area contributed by atoms with Gasteiger partial charge in [-0.25, -0.2) is 9.97 Å². The predicted octanol–water partition coefficient (Wildman–Crippen LogP) is 6.63. The monoisotopic (exact) mass is 352 g/mol. The molecule has 5 aromatic rings. The van der Waals surface area contributed by atoms with Crippen molar-refractivity contribution in [1.82, 2.24) is 9.97 Å². The third kappa shape index (κ3) is 2.58. The van der Waals surface area contributed by atoms with Gasteiger partial charge in [0.25, 0.3) is 0 Å². The fourth-order valence-corrected chi connectivity index (χ4v) is 3.65. The Morgan fingerprint density at radius 2 is 1.70 bits per heavy atom. The van der Waals surface area contributed by atoms with E-state index >= 15 is 0 Å². The van der Waals surface area contributed by atoms with E-state index in [1.807, 2.05) is 18.2 Å². The first-order valence-corrected chi connectivity index (χ1v) is 9.30. The Labute approximate surface area is 157 Å². The summed E-state index contributed by atoms with van der Waals surface area (Å²) >= 11 is 0. The van der Waals surface area contributed by atoms with Crippen LogP contribution in [0, 0.1) is 6.92 Å². The van der Waals surface area contributed by atoms with Gasteiger partial charge in [0.05, 0.1) is 11.2 Å². The molecule has 0 atom stereocenters. The summed E-state index contributed by atoms with van der Waals surface area (Å²) in [7, 11) is 0. The topological polar surface area (TPSA) is 38.9 Å². The molecule has 5 rings (SSSR count). The van der Waals surface area contributed by atoms with Crippen molar-refractivity contribution in [2.45, 2.75) is 26.7 Å². The van der Waals surface area contributed by atoms with Gasteiger partial charge < -0.3 is 4.42 Å². The lowest BCUT2D eigenvalue weighted by Gasteiger charge is -2.05. The van der Waals surface area contributed by atoms with E-state index in [1.54, 1.807) is 0 Å². The Hall–Kier alpha value is -3.20. The smallest absolute Gasteiger partial charge is 0.227 e. The second kappa shape index (κ2) is 5.92. The Morgan fingerprint density at radius 1 is 0.852 bits per heavy atom. The van der Waals surface area contributed by atoms with Gasteiger partial charge in [-0.3, -0.25) is 0 Å². The molecule has 3 nitrogen and oxygen atoms in total. The van der Waals surface area contributed by atoms with Gasteiger partial charge >= 0.3 is 0 Å². The highest BCUT2D eigenvalue weighted by atomic mass is 16.3. The molecule has 0 aliphatic heterocycles. The molecular weight excluding hydrogens is 332 g/mol. The number of aryl methyl sites for hydroxylation is 1. The van der Waals surface area contributed by atoms with Crippen LogP contribution in [0.5, 0.6) is 0 Å². The third-order valence-corrected chi connectivity index (χ3v) is 5.07. The SMILES string of the molecule is Cc1cc(-c2ccc3ccccc3n2)c2oc3nc(C(C)C)ccc3c2c1. The summed E-state index contributed by atoms with van der Waals surface area (Å²) in [5.41, 5.74) is 6.70. The summed E-state index contributed by atoms with van der Waals surface area (Å²) in [4.78, 5) is 9.61. The van der Waals surface area contributed by atoms with E-state index in [0.29, 0.717) is 11.6 Å². The molecule has 0 N–H and O–H groups in total. The zero-order valence-corrected chi connectivity index (χ0v) is 15.7. The lowest BCUT2D eigenvalue weighted by atomic mass is 10.0. The summed E-state index contributed by atoms with van der Waals surface area (Å²) in [5, 5.41) is 3.29. The number of aromatic nitrogens is 2. The van der Waals surface area contributed by atoms with Crippen LogP contribution in [0.25, 0.3) is 44.2 Å². The van der Waals surface area contributed by atoms with Crippen molar-refractivity contribution in [2.75, 3.05) is 0 Å². The second-order valence-electron chi connectivity index (χ2n) is 7.42. The lowest BCUT2D eigenvalue weighted by molar-refractivity contribution is 0.648. The number of fused-ring (bicyclic) bond motifs is 4. The number of hydrogen-bond donors (Lipinski definition) is 0. The lowest BCUT2D eigenvalue weighted by Crippen LogP contribution is -1.90. The molecule has 27 heavy (non-hydrogen) atoms. The van der Waals surface area contributed by atoms with E-state index in [-0.39, 0.29) is 0 Å². The Balaban J connectivity index is 1.81. The molecule has 0 aliphatic carbocycles. The molecule has 3 heterocycles. The average molecular weight is 352 g/mol. The van der Waals surface area contributed by atoms with Crippen LogP contribution in [0.4, 0.5) is 0 Å². The summed E-state index contributed by atoms with van der Waals surface area (Å²) < 4.78 is 6.24. The quantitative estimate of drug-likeness (QED) is 0.358. The fourth-order valence-electron chi connectivity index (χ4n) is 3.65. The molecule has 0 bridgehead atoms. The van der Waals surface area contributed by atoms with E-state index in [4.69, 9.17) is 14.4 Å². The Kier molecular flexibility index (Phi) is 3.51. The van der Waals surface area contributed by atoms with Gasteiger partial charge in [0.1, 0.15) is 5.58 Å². The van der Waals surface area contributed by atoms with Gasteiger partial charge in [-0.1, -0.05) is 38.1 Å². The maximum absolute atomic E-state index is 6.24. The van der Waals surface area contributed by atoms with Crippen molar-refractivity contribution in [1.29, 1.82) is 0 Å². The first kappa shape index (κ1) is 16.0. The highest BCUT2D eigenvalue weighted by molar-refractivity contribution is 6.08. The Bertz CT molecular complexity index is 1310. The van der Waals surface area contributed by atoms with Crippen LogP contribution < -0.4 is 0 Å². The van der Waals surface area contributed by atoms with Crippen LogP contribution in [0.3, 0.4) is 0 Å². The normalized spacial score (nSPS) is 11.9. The van der Waals surface area contributed by atoms with E-state index < -0.39 is 0 Å². The molecule has 0 unspecified atom stereocenters. The van der Waals surface area contributed by atoms with Gasteiger partial charge in [0.15, 0.2) is 0 Å². The fraction of sp³-hybridized carbons (Fsp3) is 0.167. The minimum Gasteiger partial charge on any atom is -0.437 e. The molecule has 0 saturated carbocycles. The number of nitrogens with zero attached hydrogens (tertiary/aromatic N) is 2. The van der Waals surface area contributed by atoms with Crippen LogP contribution in [0.15, 0.2) is 65.1 Å².